The van der Waals surface area contributed by atoms with Crippen LogP contribution in [0.5, 0.6) is 0 Å². The molecular weight excluding hydrogens is 442 g/mol. The van der Waals surface area contributed by atoms with Gasteiger partial charge in [-0.3, -0.25) is 4.79 Å². The summed E-state index contributed by atoms with van der Waals surface area (Å²) in [6.07, 6.45) is -1.09. The molecule has 0 radical (unpaired) electrons. The van der Waals surface area contributed by atoms with Gasteiger partial charge in [-0.2, -0.15) is 23.4 Å². The van der Waals surface area contributed by atoms with Gasteiger partial charge >= 0.3 is 6.18 Å². The molecule has 0 saturated carbocycles. The van der Waals surface area contributed by atoms with Crippen LogP contribution in [0.25, 0.3) is 22.9 Å². The molecule has 0 spiro atoms. The Kier molecular flexibility index (Phi) is 5.08. The molecule has 0 unspecified atom stereocenters. The molecule has 0 fully saturated rings. The molecule has 3 aromatic heterocycles. The van der Waals surface area contributed by atoms with Crippen molar-refractivity contribution in [3.63, 3.8) is 0 Å². The van der Waals surface area contributed by atoms with E-state index in [0.29, 0.717) is 16.9 Å². The summed E-state index contributed by atoms with van der Waals surface area (Å²) in [5, 5.41) is 8.66. The van der Waals surface area contributed by atoms with Crippen molar-refractivity contribution in [2.24, 2.45) is 0 Å². The number of benzene rings is 1. The number of halogens is 5. The molecule has 0 aliphatic carbocycles. The molecule has 0 N–H and O–H groups in total. The van der Waals surface area contributed by atoms with Crippen molar-refractivity contribution < 1.29 is 13.2 Å². The predicted molar refractivity (Wildman–Crippen MR) is 105 cm³/mol. The molecule has 0 aliphatic heterocycles. The molecule has 4 rings (SSSR count). The average Bonchev–Trinajstić information content (AvgIpc) is 3.17. The fourth-order valence-electron chi connectivity index (χ4n) is 2.72. The molecule has 11 heteroatoms. The Balaban J connectivity index is 1.82. The lowest BCUT2D eigenvalue weighted by molar-refractivity contribution is -0.137. The third-order valence-corrected chi connectivity index (χ3v) is 4.66. The number of rotatable bonds is 3. The second-order valence-electron chi connectivity index (χ2n) is 6.11. The number of hydrogen-bond acceptors (Lipinski definition) is 4. The van der Waals surface area contributed by atoms with Gasteiger partial charge in [-0.05, 0) is 36.4 Å². The molecule has 0 amide bonds. The number of pyridine rings is 1. The first-order valence-electron chi connectivity index (χ1n) is 8.37. The topological polar surface area (TPSA) is 65.6 Å². The first kappa shape index (κ1) is 20.1. The molecule has 6 nitrogen and oxygen atoms in total. The minimum Gasteiger partial charge on any atom is -0.287 e. The van der Waals surface area contributed by atoms with Crippen LogP contribution >= 0.6 is 23.2 Å². The molecule has 4 aromatic rings. The number of nitrogens with zero attached hydrogens (tertiary/aromatic N) is 5. The van der Waals surface area contributed by atoms with Crippen molar-refractivity contribution in [1.29, 1.82) is 0 Å². The van der Waals surface area contributed by atoms with E-state index in [9.17, 15) is 18.0 Å². The predicted octanol–water partition coefficient (Wildman–Crippen LogP) is 4.81. The molecule has 3 heterocycles. The van der Waals surface area contributed by atoms with Gasteiger partial charge in [0.25, 0.3) is 0 Å². The van der Waals surface area contributed by atoms with Crippen molar-refractivity contribution in [3.05, 3.63) is 86.9 Å². The van der Waals surface area contributed by atoms with Crippen LogP contribution in [0.1, 0.15) is 5.56 Å². The number of aromatic nitrogens is 5. The van der Waals surface area contributed by atoms with Crippen molar-refractivity contribution in [3.8, 4) is 22.9 Å². The van der Waals surface area contributed by atoms with Gasteiger partial charge in [0.05, 0.1) is 22.5 Å². The van der Waals surface area contributed by atoms with Crippen LogP contribution < -0.4 is 5.43 Å². The van der Waals surface area contributed by atoms with E-state index in [1.807, 2.05) is 0 Å². The molecule has 0 bridgehead atoms. The van der Waals surface area contributed by atoms with Crippen LogP contribution in [0.4, 0.5) is 13.2 Å². The Labute approximate surface area is 177 Å². The monoisotopic (exact) mass is 451 g/mol. The highest BCUT2D eigenvalue weighted by molar-refractivity contribution is 6.32. The maximum absolute atomic E-state index is 12.9. The lowest BCUT2D eigenvalue weighted by Crippen LogP contribution is -2.15. The second-order valence-corrected chi connectivity index (χ2v) is 6.95. The van der Waals surface area contributed by atoms with E-state index in [4.69, 9.17) is 23.2 Å². The summed E-state index contributed by atoms with van der Waals surface area (Å²) in [7, 11) is 0. The fraction of sp³-hybridized carbons (Fsp3) is 0.0526. The van der Waals surface area contributed by atoms with Crippen LogP contribution in [0.2, 0.25) is 10.0 Å². The smallest absolute Gasteiger partial charge is 0.287 e. The van der Waals surface area contributed by atoms with Crippen molar-refractivity contribution in [1.82, 2.24) is 24.5 Å². The summed E-state index contributed by atoms with van der Waals surface area (Å²) in [4.78, 5) is 16.3. The van der Waals surface area contributed by atoms with Gasteiger partial charge in [0, 0.05) is 23.5 Å². The first-order valence-corrected chi connectivity index (χ1v) is 9.13. The second kappa shape index (κ2) is 7.58. The quantitative estimate of drug-likeness (QED) is 0.448. The number of alkyl halides is 3. The summed E-state index contributed by atoms with van der Waals surface area (Å²) in [6, 6.07) is 10.3. The normalized spacial score (nSPS) is 11.6. The molecule has 1 aromatic carbocycles. The molecule has 30 heavy (non-hydrogen) atoms. The van der Waals surface area contributed by atoms with E-state index in [2.05, 4.69) is 15.2 Å². The van der Waals surface area contributed by atoms with E-state index in [1.54, 1.807) is 24.3 Å². The van der Waals surface area contributed by atoms with Gasteiger partial charge < -0.3 is 0 Å². The lowest BCUT2D eigenvalue weighted by Gasteiger charge is -2.12. The molecular formula is C19H10Cl2F3N5O. The maximum atomic E-state index is 12.9. The third kappa shape index (κ3) is 3.81. The van der Waals surface area contributed by atoms with E-state index < -0.39 is 17.2 Å². The van der Waals surface area contributed by atoms with Gasteiger partial charge in [-0.15, -0.1) is 0 Å². The first-order chi connectivity index (χ1) is 14.2. The van der Waals surface area contributed by atoms with Gasteiger partial charge in [0.15, 0.2) is 11.5 Å². The van der Waals surface area contributed by atoms with Crippen molar-refractivity contribution in [2.45, 2.75) is 6.18 Å². The summed E-state index contributed by atoms with van der Waals surface area (Å²) >= 11 is 11.9. The minimum absolute atomic E-state index is 0.0164. The highest BCUT2D eigenvalue weighted by atomic mass is 35.5. The van der Waals surface area contributed by atoms with Gasteiger partial charge in [0.2, 0.25) is 5.43 Å². The molecule has 0 aliphatic rings. The van der Waals surface area contributed by atoms with E-state index in [-0.39, 0.29) is 22.2 Å². The van der Waals surface area contributed by atoms with E-state index in [1.165, 1.54) is 33.9 Å². The Morgan fingerprint density at radius 3 is 2.40 bits per heavy atom. The standard InChI is InChI=1S/C19H10Cl2F3N5O/c20-12-1-3-13(4-2-12)28-8-6-16(30)17(27-28)15-5-7-26-29(15)18-14(21)9-11(10-25-18)19(22,23)24/h1-10H. The Bertz CT molecular complexity index is 1280. The van der Waals surface area contributed by atoms with Crippen LogP contribution in [0, 0.1) is 0 Å². The van der Waals surface area contributed by atoms with E-state index >= 15 is 0 Å². The van der Waals surface area contributed by atoms with Gasteiger partial charge in [-0.1, -0.05) is 23.2 Å². The van der Waals surface area contributed by atoms with Crippen molar-refractivity contribution in [2.75, 3.05) is 0 Å². The van der Waals surface area contributed by atoms with E-state index in [0.717, 1.165) is 6.07 Å². The van der Waals surface area contributed by atoms with Crippen LogP contribution in [-0.4, -0.2) is 24.5 Å². The molecule has 152 valence electrons. The SMILES string of the molecule is O=c1ccn(-c2ccc(Cl)cc2)nc1-c1ccnn1-c1ncc(C(F)(F)F)cc1Cl. The molecule has 0 atom stereocenters. The summed E-state index contributed by atoms with van der Waals surface area (Å²) in [6.45, 7) is 0. The Hall–Kier alpha value is -3.17. The maximum Gasteiger partial charge on any atom is 0.417 e. The van der Waals surface area contributed by atoms with Crippen molar-refractivity contribution >= 4 is 23.2 Å². The number of hydrogen-bond donors (Lipinski definition) is 0. The Morgan fingerprint density at radius 1 is 1.00 bits per heavy atom. The minimum atomic E-state index is -4.59. The average molecular weight is 452 g/mol. The Morgan fingerprint density at radius 2 is 1.73 bits per heavy atom. The summed E-state index contributed by atoms with van der Waals surface area (Å²) < 4.78 is 41.3. The van der Waals surface area contributed by atoms with Crippen LogP contribution in [0.15, 0.2) is 65.8 Å². The lowest BCUT2D eigenvalue weighted by atomic mass is 10.2. The highest BCUT2D eigenvalue weighted by Crippen LogP contribution is 2.32. The third-order valence-electron chi connectivity index (χ3n) is 4.13. The van der Waals surface area contributed by atoms with Gasteiger partial charge in [0.1, 0.15) is 5.69 Å². The molecule has 0 saturated heterocycles. The fourth-order valence-corrected chi connectivity index (χ4v) is 3.09. The van der Waals surface area contributed by atoms with Crippen LogP contribution in [-0.2, 0) is 6.18 Å². The van der Waals surface area contributed by atoms with Gasteiger partial charge in [-0.25, -0.2) is 14.3 Å². The zero-order chi connectivity index (χ0) is 21.5. The van der Waals surface area contributed by atoms with Crippen LogP contribution in [0.3, 0.4) is 0 Å². The zero-order valence-corrected chi connectivity index (χ0v) is 16.3. The summed E-state index contributed by atoms with van der Waals surface area (Å²) in [5.74, 6) is -0.0623. The highest BCUT2D eigenvalue weighted by Gasteiger charge is 2.32. The largest absolute Gasteiger partial charge is 0.417 e. The zero-order valence-electron chi connectivity index (χ0n) is 14.8. The summed E-state index contributed by atoms with van der Waals surface area (Å²) in [5.41, 5.74) is -0.518.